The molecular formula is C45H89NO4. The maximum atomic E-state index is 12.6. The number of hydrogen-bond donors (Lipinski definition) is 0. The van der Waals surface area contributed by atoms with Crippen LogP contribution < -0.4 is 0 Å². The number of hydrogen-bond acceptors (Lipinski definition) is 5. The van der Waals surface area contributed by atoms with Crippen LogP contribution in [0, 0.1) is 0 Å². The minimum Gasteiger partial charge on any atom is -0.462 e. The molecule has 0 heterocycles. The third-order valence-corrected chi connectivity index (χ3v) is 10.5. The fraction of sp³-hybridized carbons (Fsp3) is 0.956. The second-order valence-electron chi connectivity index (χ2n) is 15.7. The van der Waals surface area contributed by atoms with Gasteiger partial charge in [0.2, 0.25) is 0 Å². The van der Waals surface area contributed by atoms with E-state index in [4.69, 9.17) is 9.47 Å². The van der Waals surface area contributed by atoms with Gasteiger partial charge in [0.25, 0.3) is 0 Å². The molecule has 0 amide bonds. The van der Waals surface area contributed by atoms with Gasteiger partial charge in [-0.3, -0.25) is 9.59 Å². The van der Waals surface area contributed by atoms with Gasteiger partial charge in [-0.25, -0.2) is 0 Å². The summed E-state index contributed by atoms with van der Waals surface area (Å²) >= 11 is 0. The SMILES string of the molecule is CCCCCCCCC(CCCCCCC)OC(=O)CCCCCCCN(C)CCCCCCCC(=O)OC(CCCCC)CCCCCC. The van der Waals surface area contributed by atoms with Crippen LogP contribution in [0.5, 0.6) is 0 Å². The van der Waals surface area contributed by atoms with E-state index < -0.39 is 0 Å². The molecule has 5 heteroatoms. The molecular weight excluding hydrogens is 618 g/mol. The second-order valence-corrected chi connectivity index (χ2v) is 15.7. The molecule has 0 fully saturated rings. The number of rotatable bonds is 40. The average molecular weight is 708 g/mol. The van der Waals surface area contributed by atoms with Crippen molar-refractivity contribution < 1.29 is 19.1 Å². The minimum absolute atomic E-state index is 0.0256. The van der Waals surface area contributed by atoms with Gasteiger partial charge in [-0.1, -0.05) is 156 Å². The molecule has 0 rings (SSSR count). The molecule has 0 aliphatic rings. The highest BCUT2D eigenvalue weighted by molar-refractivity contribution is 5.69. The molecule has 0 aromatic carbocycles. The van der Waals surface area contributed by atoms with Crippen molar-refractivity contribution in [2.24, 2.45) is 0 Å². The molecule has 5 nitrogen and oxygen atoms in total. The van der Waals surface area contributed by atoms with E-state index in [1.54, 1.807) is 0 Å². The molecule has 0 N–H and O–H groups in total. The fourth-order valence-corrected chi connectivity index (χ4v) is 7.04. The van der Waals surface area contributed by atoms with Gasteiger partial charge in [0, 0.05) is 12.8 Å². The maximum Gasteiger partial charge on any atom is 0.306 e. The van der Waals surface area contributed by atoms with E-state index in [9.17, 15) is 9.59 Å². The van der Waals surface area contributed by atoms with Crippen molar-refractivity contribution in [2.75, 3.05) is 20.1 Å². The van der Waals surface area contributed by atoms with Crippen LogP contribution in [0.3, 0.4) is 0 Å². The monoisotopic (exact) mass is 708 g/mol. The molecule has 0 aromatic heterocycles. The summed E-state index contributed by atoms with van der Waals surface area (Å²) in [5.74, 6) is 0.0615. The van der Waals surface area contributed by atoms with Crippen molar-refractivity contribution in [1.29, 1.82) is 0 Å². The molecule has 2 unspecified atom stereocenters. The van der Waals surface area contributed by atoms with E-state index in [1.807, 2.05) is 0 Å². The highest BCUT2D eigenvalue weighted by Gasteiger charge is 2.15. The Bertz CT molecular complexity index is 713. The smallest absolute Gasteiger partial charge is 0.306 e. The zero-order valence-corrected chi connectivity index (χ0v) is 34.7. The van der Waals surface area contributed by atoms with Crippen LogP contribution in [-0.2, 0) is 19.1 Å². The summed E-state index contributed by atoms with van der Waals surface area (Å²) in [6, 6.07) is 0. The Morgan fingerprint density at radius 3 is 1.02 bits per heavy atom. The highest BCUT2D eigenvalue weighted by Crippen LogP contribution is 2.19. The van der Waals surface area contributed by atoms with Gasteiger partial charge < -0.3 is 14.4 Å². The van der Waals surface area contributed by atoms with Crippen molar-refractivity contribution in [2.45, 2.75) is 258 Å². The van der Waals surface area contributed by atoms with Crippen LogP contribution in [0.15, 0.2) is 0 Å². The van der Waals surface area contributed by atoms with Crippen LogP contribution in [0.4, 0.5) is 0 Å². The van der Waals surface area contributed by atoms with Gasteiger partial charge in [0.1, 0.15) is 12.2 Å². The number of carbonyl (C=O) groups is 2. The van der Waals surface area contributed by atoms with Crippen molar-refractivity contribution in [3.63, 3.8) is 0 Å². The predicted octanol–water partition coefficient (Wildman–Crippen LogP) is 14.1. The lowest BCUT2D eigenvalue weighted by molar-refractivity contribution is -0.151. The van der Waals surface area contributed by atoms with Crippen molar-refractivity contribution in [1.82, 2.24) is 4.90 Å². The highest BCUT2D eigenvalue weighted by atomic mass is 16.5. The summed E-state index contributed by atoms with van der Waals surface area (Å²) in [6.07, 6.45) is 39.9. The third kappa shape index (κ3) is 35.3. The zero-order valence-electron chi connectivity index (χ0n) is 34.7. The first kappa shape index (κ1) is 48.9. The fourth-order valence-electron chi connectivity index (χ4n) is 7.04. The molecule has 0 radical (unpaired) electrons. The van der Waals surface area contributed by atoms with E-state index in [2.05, 4.69) is 39.6 Å². The second kappa shape index (κ2) is 39.1. The van der Waals surface area contributed by atoms with E-state index in [0.29, 0.717) is 12.8 Å². The normalized spacial score (nSPS) is 12.8. The molecule has 0 saturated heterocycles. The van der Waals surface area contributed by atoms with Gasteiger partial charge in [-0.05, 0) is 97.2 Å². The predicted molar refractivity (Wildman–Crippen MR) is 217 cm³/mol. The van der Waals surface area contributed by atoms with Gasteiger partial charge in [-0.2, -0.15) is 0 Å². The molecule has 0 bridgehead atoms. The molecule has 0 spiro atoms. The Balaban J connectivity index is 3.91. The van der Waals surface area contributed by atoms with E-state index in [1.165, 1.54) is 154 Å². The van der Waals surface area contributed by atoms with Crippen molar-refractivity contribution in [3.8, 4) is 0 Å². The largest absolute Gasteiger partial charge is 0.462 e. The summed E-state index contributed by atoms with van der Waals surface area (Å²) in [7, 11) is 2.25. The molecule has 298 valence electrons. The first-order valence-corrected chi connectivity index (χ1v) is 22.5. The third-order valence-electron chi connectivity index (χ3n) is 10.5. The Morgan fingerprint density at radius 2 is 0.640 bits per heavy atom. The van der Waals surface area contributed by atoms with Crippen LogP contribution in [0.1, 0.15) is 246 Å². The summed E-state index contributed by atoms with van der Waals surface area (Å²) in [5.41, 5.74) is 0. The van der Waals surface area contributed by atoms with Crippen molar-refractivity contribution >= 4 is 11.9 Å². The van der Waals surface area contributed by atoms with Crippen LogP contribution >= 0.6 is 0 Å². The quantitative estimate of drug-likeness (QED) is 0.0469. The topological polar surface area (TPSA) is 55.8 Å². The summed E-state index contributed by atoms with van der Waals surface area (Å²) in [6.45, 7) is 11.3. The lowest BCUT2D eigenvalue weighted by atomic mass is 10.0. The average Bonchev–Trinajstić information content (AvgIpc) is 3.10. The van der Waals surface area contributed by atoms with Gasteiger partial charge in [0.15, 0.2) is 0 Å². The Morgan fingerprint density at radius 1 is 0.380 bits per heavy atom. The number of ether oxygens (including phenoxy) is 2. The minimum atomic E-state index is 0.0256. The lowest BCUT2D eigenvalue weighted by Gasteiger charge is -2.18. The number of esters is 2. The standard InChI is InChI=1S/C45H89NO4/c1-6-10-14-17-21-29-37-43(36-28-20-15-11-7-2)50-45(48)39-31-23-19-25-33-41-46(5)40-32-24-18-22-30-38-44(47)49-42(34-26-13-9-4)35-27-16-12-8-3/h42-43H,6-41H2,1-5H3. The first-order valence-electron chi connectivity index (χ1n) is 22.5. The summed E-state index contributed by atoms with van der Waals surface area (Å²) in [4.78, 5) is 27.6. The molecule has 0 saturated carbocycles. The van der Waals surface area contributed by atoms with Crippen LogP contribution in [0.2, 0.25) is 0 Å². The molecule has 2 atom stereocenters. The van der Waals surface area contributed by atoms with E-state index in [0.717, 1.165) is 64.5 Å². The molecule has 50 heavy (non-hydrogen) atoms. The Kier molecular flexibility index (Phi) is 38.3. The number of carbonyl (C=O) groups excluding carboxylic acids is 2. The number of unbranched alkanes of at least 4 members (excludes halogenated alkanes) is 22. The van der Waals surface area contributed by atoms with Gasteiger partial charge >= 0.3 is 11.9 Å². The number of nitrogens with zero attached hydrogens (tertiary/aromatic N) is 1. The molecule has 0 aromatic rings. The molecule has 0 aliphatic heterocycles. The Hall–Kier alpha value is -1.10. The van der Waals surface area contributed by atoms with E-state index >= 15 is 0 Å². The molecule has 0 aliphatic carbocycles. The van der Waals surface area contributed by atoms with E-state index in [-0.39, 0.29) is 24.1 Å². The van der Waals surface area contributed by atoms with Crippen LogP contribution in [0.25, 0.3) is 0 Å². The van der Waals surface area contributed by atoms with Crippen molar-refractivity contribution in [3.05, 3.63) is 0 Å². The zero-order chi connectivity index (χ0) is 36.8. The maximum absolute atomic E-state index is 12.6. The lowest BCUT2D eigenvalue weighted by Crippen LogP contribution is -2.20. The summed E-state index contributed by atoms with van der Waals surface area (Å²) < 4.78 is 11.9. The Labute approximate surface area is 313 Å². The first-order chi connectivity index (χ1) is 24.5. The van der Waals surface area contributed by atoms with Crippen LogP contribution in [-0.4, -0.2) is 49.2 Å². The van der Waals surface area contributed by atoms with Gasteiger partial charge in [0.05, 0.1) is 0 Å². The summed E-state index contributed by atoms with van der Waals surface area (Å²) in [5, 5.41) is 0. The van der Waals surface area contributed by atoms with Gasteiger partial charge in [-0.15, -0.1) is 0 Å².